The zero-order valence-electron chi connectivity index (χ0n) is 27.1. The molecule has 2 saturated carbocycles. The molecule has 4 aliphatic rings. The lowest BCUT2D eigenvalue weighted by Crippen LogP contribution is -2.40. The molecule has 8 nitrogen and oxygen atoms in total. The molecule has 236 valence electrons. The average Bonchev–Trinajstić information content (AvgIpc) is 3.86. The van der Waals surface area contributed by atoms with E-state index in [2.05, 4.69) is 30.3 Å². The number of amides is 2. The molecule has 2 aromatic rings. The molecule has 0 bridgehead atoms. The summed E-state index contributed by atoms with van der Waals surface area (Å²) in [6.07, 6.45) is 1.41. The zero-order chi connectivity index (χ0) is 31.9. The fourth-order valence-corrected chi connectivity index (χ4v) is 7.79. The number of nitrogens with zero attached hydrogens (tertiary/aromatic N) is 3. The molecule has 0 radical (unpaired) electrons. The highest BCUT2D eigenvalue weighted by Crippen LogP contribution is 2.64. The van der Waals surface area contributed by atoms with E-state index in [1.165, 1.54) is 5.56 Å². The van der Waals surface area contributed by atoms with Crippen LogP contribution in [0.3, 0.4) is 0 Å². The summed E-state index contributed by atoms with van der Waals surface area (Å²) in [6, 6.07) is 23.0. The molecule has 8 heteroatoms. The van der Waals surface area contributed by atoms with Gasteiger partial charge in [-0.05, 0) is 83.3 Å². The number of nitrogens with two attached hydrogens (primary N) is 1. The highest BCUT2D eigenvalue weighted by molar-refractivity contribution is 5.69. The summed E-state index contributed by atoms with van der Waals surface area (Å²) in [5, 5.41) is 9.77. The Balaban J connectivity index is 0.000000175. The standard InChI is InChI=1S/C18H26N2O2.C18H22N2O2/c2*1-17(2,3)22-16(21)20-10-9-14-15(11-20)18(14,12-19)13-7-5-4-6-8-13/h4-8,14-15H,9-12,19H2,1-3H3;4-8,14-15H,9-11H2,1-3H3. The molecular formula is C36H48N4O4. The average molecular weight is 601 g/mol. The first-order valence-electron chi connectivity index (χ1n) is 15.9. The van der Waals surface area contributed by atoms with E-state index in [4.69, 9.17) is 15.2 Å². The maximum absolute atomic E-state index is 12.3. The van der Waals surface area contributed by atoms with Gasteiger partial charge in [-0.1, -0.05) is 60.7 Å². The first-order valence-corrected chi connectivity index (χ1v) is 15.9. The van der Waals surface area contributed by atoms with Crippen LogP contribution in [0.15, 0.2) is 60.7 Å². The Morgan fingerprint density at radius 3 is 1.68 bits per heavy atom. The van der Waals surface area contributed by atoms with Crippen LogP contribution in [0.25, 0.3) is 0 Å². The van der Waals surface area contributed by atoms with E-state index in [1.807, 2.05) is 82.8 Å². The number of rotatable bonds is 3. The van der Waals surface area contributed by atoms with Crippen LogP contribution in [0.2, 0.25) is 0 Å². The maximum Gasteiger partial charge on any atom is 0.410 e. The van der Waals surface area contributed by atoms with Crippen molar-refractivity contribution in [3.8, 4) is 6.07 Å². The number of nitriles is 1. The fourth-order valence-electron chi connectivity index (χ4n) is 7.79. The van der Waals surface area contributed by atoms with Gasteiger partial charge in [0.1, 0.15) is 11.2 Å². The van der Waals surface area contributed by atoms with E-state index in [0.717, 1.165) is 31.5 Å². The third-order valence-corrected chi connectivity index (χ3v) is 9.89. The Morgan fingerprint density at radius 2 is 1.23 bits per heavy atom. The lowest BCUT2D eigenvalue weighted by molar-refractivity contribution is 0.0196. The first kappa shape index (κ1) is 31.8. The fraction of sp³-hybridized carbons (Fsp3) is 0.583. The topological polar surface area (TPSA) is 109 Å². The van der Waals surface area contributed by atoms with Gasteiger partial charge >= 0.3 is 12.2 Å². The van der Waals surface area contributed by atoms with Crippen molar-refractivity contribution in [3.05, 3.63) is 71.8 Å². The highest BCUT2D eigenvalue weighted by Gasteiger charge is 2.68. The number of ether oxygens (including phenoxy) is 2. The quantitative estimate of drug-likeness (QED) is 0.456. The number of fused-ring (bicyclic) bond motifs is 2. The molecule has 6 rings (SSSR count). The second-order valence-electron chi connectivity index (χ2n) is 14.8. The summed E-state index contributed by atoms with van der Waals surface area (Å²) >= 11 is 0. The van der Waals surface area contributed by atoms with Gasteiger partial charge in [0.25, 0.3) is 0 Å². The number of benzene rings is 2. The predicted molar refractivity (Wildman–Crippen MR) is 170 cm³/mol. The summed E-state index contributed by atoms with van der Waals surface area (Å²) in [7, 11) is 0. The number of carbonyl (C=O) groups excluding carboxylic acids is 2. The molecule has 2 saturated heterocycles. The van der Waals surface area contributed by atoms with Gasteiger partial charge in [0.2, 0.25) is 0 Å². The van der Waals surface area contributed by atoms with E-state index >= 15 is 0 Å². The Labute approximate surface area is 262 Å². The van der Waals surface area contributed by atoms with Crippen LogP contribution in [0, 0.1) is 35.0 Å². The second-order valence-corrected chi connectivity index (χ2v) is 14.8. The van der Waals surface area contributed by atoms with Gasteiger partial charge < -0.3 is 25.0 Å². The molecule has 2 aromatic carbocycles. The van der Waals surface area contributed by atoms with Crippen molar-refractivity contribution in [3.63, 3.8) is 0 Å². The second kappa shape index (κ2) is 11.7. The molecule has 2 amide bonds. The minimum Gasteiger partial charge on any atom is -0.444 e. The highest BCUT2D eigenvalue weighted by atomic mass is 16.6. The van der Waals surface area contributed by atoms with Gasteiger partial charge in [-0.15, -0.1) is 0 Å². The summed E-state index contributed by atoms with van der Waals surface area (Å²) in [5.41, 5.74) is 7.26. The predicted octanol–water partition coefficient (Wildman–Crippen LogP) is 6.10. The van der Waals surface area contributed by atoms with E-state index in [9.17, 15) is 14.9 Å². The monoisotopic (exact) mass is 600 g/mol. The molecule has 2 heterocycles. The first-order chi connectivity index (χ1) is 20.8. The molecule has 6 atom stereocenters. The van der Waals surface area contributed by atoms with Gasteiger partial charge in [0.15, 0.2) is 0 Å². The largest absolute Gasteiger partial charge is 0.444 e. The summed E-state index contributed by atoms with van der Waals surface area (Å²) in [5.74, 6) is 1.64. The smallest absolute Gasteiger partial charge is 0.410 e. The SMILES string of the molecule is CC(C)(C)OC(=O)N1CCC2C(C1)C2(C#N)c1ccccc1.CC(C)(C)OC(=O)N1CCC2C(C1)C2(CN)c1ccccc1. The molecule has 4 fully saturated rings. The Kier molecular flexibility index (Phi) is 8.50. The van der Waals surface area contributed by atoms with Crippen molar-refractivity contribution in [1.82, 2.24) is 9.80 Å². The van der Waals surface area contributed by atoms with Gasteiger partial charge in [-0.3, -0.25) is 0 Å². The molecule has 2 aliphatic carbocycles. The Morgan fingerprint density at radius 1 is 0.773 bits per heavy atom. The molecule has 44 heavy (non-hydrogen) atoms. The van der Waals surface area contributed by atoms with Crippen LogP contribution in [-0.2, 0) is 20.3 Å². The lowest BCUT2D eigenvalue weighted by atomic mass is 9.91. The minimum absolute atomic E-state index is 0.0536. The van der Waals surface area contributed by atoms with Crippen molar-refractivity contribution < 1.29 is 19.1 Å². The normalized spacial score (nSPS) is 30.4. The summed E-state index contributed by atoms with van der Waals surface area (Å²) < 4.78 is 11.0. The lowest BCUT2D eigenvalue weighted by Gasteiger charge is -2.29. The van der Waals surface area contributed by atoms with Gasteiger partial charge in [-0.2, -0.15) is 5.26 Å². The summed E-state index contributed by atoms with van der Waals surface area (Å²) in [6.45, 7) is 14.8. The maximum atomic E-state index is 12.3. The number of hydrogen-bond donors (Lipinski definition) is 1. The van der Waals surface area contributed by atoms with Gasteiger partial charge in [0, 0.05) is 44.1 Å². The van der Waals surface area contributed by atoms with E-state index < -0.39 is 16.6 Å². The van der Waals surface area contributed by atoms with Crippen molar-refractivity contribution in [2.24, 2.45) is 29.4 Å². The van der Waals surface area contributed by atoms with Crippen LogP contribution < -0.4 is 5.73 Å². The van der Waals surface area contributed by atoms with Crippen molar-refractivity contribution >= 4 is 12.2 Å². The van der Waals surface area contributed by atoms with Crippen molar-refractivity contribution in [1.29, 1.82) is 5.26 Å². The Bertz CT molecular complexity index is 1380. The van der Waals surface area contributed by atoms with Crippen LogP contribution in [0.4, 0.5) is 9.59 Å². The Hall–Kier alpha value is -3.57. The van der Waals surface area contributed by atoms with Crippen molar-refractivity contribution in [2.45, 2.75) is 76.4 Å². The molecule has 0 aromatic heterocycles. The molecular weight excluding hydrogens is 552 g/mol. The van der Waals surface area contributed by atoms with Gasteiger partial charge in [-0.25, -0.2) is 9.59 Å². The van der Waals surface area contributed by atoms with E-state index in [1.54, 1.807) is 4.90 Å². The van der Waals surface area contributed by atoms with Crippen LogP contribution in [0.5, 0.6) is 0 Å². The van der Waals surface area contributed by atoms with Crippen LogP contribution >= 0.6 is 0 Å². The number of carbonyl (C=O) groups is 2. The summed E-state index contributed by atoms with van der Waals surface area (Å²) in [4.78, 5) is 28.1. The van der Waals surface area contributed by atoms with Gasteiger partial charge in [0.05, 0.1) is 11.5 Å². The van der Waals surface area contributed by atoms with E-state index in [0.29, 0.717) is 37.4 Å². The number of hydrogen-bond acceptors (Lipinski definition) is 6. The van der Waals surface area contributed by atoms with E-state index in [-0.39, 0.29) is 23.5 Å². The van der Waals surface area contributed by atoms with Crippen molar-refractivity contribution in [2.75, 3.05) is 32.7 Å². The molecule has 2 N–H and O–H groups in total. The van der Waals surface area contributed by atoms with Crippen LogP contribution in [-0.4, -0.2) is 65.9 Å². The third kappa shape index (κ3) is 6.04. The minimum atomic E-state index is -0.483. The zero-order valence-corrected chi connectivity index (χ0v) is 27.1. The molecule has 0 spiro atoms. The number of likely N-dealkylation sites (tertiary alicyclic amines) is 2. The number of piperidine rings is 2. The van der Waals surface area contributed by atoms with Crippen LogP contribution in [0.1, 0.15) is 65.5 Å². The third-order valence-electron chi connectivity index (χ3n) is 9.89. The molecule has 2 aliphatic heterocycles. The molecule has 6 unspecified atom stereocenters.